The van der Waals surface area contributed by atoms with Crippen molar-refractivity contribution in [2.75, 3.05) is 18.5 Å². The van der Waals surface area contributed by atoms with Gasteiger partial charge in [-0.2, -0.15) is 0 Å². The van der Waals surface area contributed by atoms with E-state index in [1.165, 1.54) is 43.5 Å². The van der Waals surface area contributed by atoms with Crippen molar-refractivity contribution < 1.29 is 0 Å². The molecule has 118 valence electrons. The van der Waals surface area contributed by atoms with Crippen LogP contribution in [0.2, 0.25) is 0 Å². The maximum atomic E-state index is 4.76. The molecule has 0 spiro atoms. The lowest BCUT2D eigenvalue weighted by molar-refractivity contribution is 0.523. The number of hydrogen-bond donors (Lipinski definition) is 1. The van der Waals surface area contributed by atoms with Gasteiger partial charge in [-0.05, 0) is 54.2 Å². The Kier molecular flexibility index (Phi) is 6.49. The van der Waals surface area contributed by atoms with Crippen molar-refractivity contribution >= 4 is 21.7 Å². The quantitative estimate of drug-likeness (QED) is 0.789. The van der Waals surface area contributed by atoms with Crippen molar-refractivity contribution in [1.29, 1.82) is 0 Å². The summed E-state index contributed by atoms with van der Waals surface area (Å²) in [6.07, 6.45) is 8.52. The molecule has 1 N–H and O–H groups in total. The average Bonchev–Trinajstić information content (AvgIpc) is 2.95. The van der Waals surface area contributed by atoms with Gasteiger partial charge in [0.25, 0.3) is 0 Å². The van der Waals surface area contributed by atoms with E-state index in [0.717, 1.165) is 23.5 Å². The first-order valence-corrected chi connectivity index (χ1v) is 8.96. The Hall–Kier alpha value is -0.610. The summed E-state index contributed by atoms with van der Waals surface area (Å²) >= 11 is 3.55. The summed E-state index contributed by atoms with van der Waals surface area (Å²) < 4.78 is 1.06. The van der Waals surface area contributed by atoms with Crippen LogP contribution in [-0.4, -0.2) is 24.6 Å². The highest BCUT2D eigenvalue weighted by molar-refractivity contribution is 9.10. The number of halogens is 1. The third-order valence-electron chi connectivity index (χ3n) is 4.26. The molecule has 0 aliphatic heterocycles. The molecule has 21 heavy (non-hydrogen) atoms. The fourth-order valence-corrected chi connectivity index (χ4v) is 3.51. The first-order chi connectivity index (χ1) is 10.1. The molecule has 0 aromatic carbocycles. The van der Waals surface area contributed by atoms with Gasteiger partial charge in [-0.3, -0.25) is 0 Å². The maximum absolute atomic E-state index is 4.76. The Morgan fingerprint density at radius 1 is 1.38 bits per heavy atom. The number of hydrogen-bond acceptors (Lipinski definition) is 3. The van der Waals surface area contributed by atoms with Crippen molar-refractivity contribution in [3.8, 4) is 0 Å². The lowest BCUT2D eigenvalue weighted by atomic mass is 10.1. The number of rotatable bonds is 7. The highest BCUT2D eigenvalue weighted by Gasteiger charge is 2.25. The zero-order valence-corrected chi connectivity index (χ0v) is 15.1. The Bertz CT molecular complexity index is 442. The van der Waals surface area contributed by atoms with Gasteiger partial charge in [0.15, 0.2) is 0 Å². The van der Waals surface area contributed by atoms with E-state index in [0.29, 0.717) is 6.04 Å². The summed E-state index contributed by atoms with van der Waals surface area (Å²) in [6, 6.07) is 2.88. The van der Waals surface area contributed by atoms with E-state index in [1.807, 2.05) is 13.2 Å². The number of nitrogens with one attached hydrogen (secondary N) is 1. The second-order valence-electron chi connectivity index (χ2n) is 6.48. The van der Waals surface area contributed by atoms with Crippen LogP contribution in [0, 0.1) is 5.92 Å². The van der Waals surface area contributed by atoms with E-state index < -0.39 is 0 Å². The fraction of sp³-hybridized carbons (Fsp3) is 0.706. The second kappa shape index (κ2) is 8.14. The molecule has 2 rings (SSSR count). The molecule has 3 nitrogen and oxygen atoms in total. The van der Waals surface area contributed by atoms with E-state index in [-0.39, 0.29) is 0 Å². The van der Waals surface area contributed by atoms with Crippen LogP contribution in [0.25, 0.3) is 0 Å². The fourth-order valence-electron chi connectivity index (χ4n) is 3.13. The monoisotopic (exact) mass is 353 g/mol. The van der Waals surface area contributed by atoms with E-state index in [4.69, 9.17) is 4.98 Å². The molecule has 1 heterocycles. The molecule has 0 unspecified atom stereocenters. The minimum absolute atomic E-state index is 0.674. The zero-order valence-electron chi connectivity index (χ0n) is 13.5. The highest BCUT2D eigenvalue weighted by Crippen LogP contribution is 2.31. The van der Waals surface area contributed by atoms with Crippen molar-refractivity contribution in [3.63, 3.8) is 0 Å². The van der Waals surface area contributed by atoms with Crippen molar-refractivity contribution in [2.24, 2.45) is 5.92 Å². The molecule has 0 radical (unpaired) electrons. The first-order valence-electron chi connectivity index (χ1n) is 8.17. The SMILES string of the molecule is CNCc1cc(Br)cnc1N(CCC(C)C)C1CCCC1. The van der Waals surface area contributed by atoms with Gasteiger partial charge in [0, 0.05) is 35.4 Å². The molecule has 0 saturated heterocycles. The highest BCUT2D eigenvalue weighted by atomic mass is 79.9. The minimum atomic E-state index is 0.674. The summed E-state index contributed by atoms with van der Waals surface area (Å²) in [5, 5.41) is 3.27. The molecule has 4 heteroatoms. The molecular weight excluding hydrogens is 326 g/mol. The predicted octanol–water partition coefficient (Wildman–Crippen LogP) is 4.36. The third-order valence-corrected chi connectivity index (χ3v) is 4.70. The van der Waals surface area contributed by atoms with Crippen LogP contribution in [0.1, 0.15) is 51.5 Å². The van der Waals surface area contributed by atoms with Crippen LogP contribution in [0.3, 0.4) is 0 Å². The van der Waals surface area contributed by atoms with Crippen molar-refractivity contribution in [1.82, 2.24) is 10.3 Å². The third kappa shape index (κ3) is 4.68. The molecule has 1 aliphatic rings. The van der Waals surface area contributed by atoms with E-state index in [1.54, 1.807) is 0 Å². The summed E-state index contributed by atoms with van der Waals surface area (Å²) in [6.45, 7) is 6.59. The predicted molar refractivity (Wildman–Crippen MR) is 93.8 cm³/mol. The Morgan fingerprint density at radius 2 is 2.10 bits per heavy atom. The van der Waals surface area contributed by atoms with Crippen molar-refractivity contribution in [3.05, 3.63) is 22.3 Å². The van der Waals surface area contributed by atoms with Gasteiger partial charge >= 0.3 is 0 Å². The normalized spacial score (nSPS) is 15.9. The molecule has 1 saturated carbocycles. The van der Waals surface area contributed by atoms with Gasteiger partial charge in [-0.15, -0.1) is 0 Å². The van der Waals surface area contributed by atoms with Gasteiger partial charge < -0.3 is 10.2 Å². The Labute approximate surface area is 137 Å². The smallest absolute Gasteiger partial charge is 0.133 e. The summed E-state index contributed by atoms with van der Waals surface area (Å²) in [4.78, 5) is 7.33. The number of pyridine rings is 1. The van der Waals surface area contributed by atoms with E-state index in [9.17, 15) is 0 Å². The van der Waals surface area contributed by atoms with E-state index in [2.05, 4.69) is 46.1 Å². The lowest BCUT2D eigenvalue weighted by Gasteiger charge is -2.32. The molecule has 0 amide bonds. The maximum Gasteiger partial charge on any atom is 0.133 e. The molecule has 0 atom stereocenters. The summed E-state index contributed by atoms with van der Waals surface area (Å²) in [7, 11) is 2.00. The van der Waals surface area contributed by atoms with Crippen LogP contribution < -0.4 is 10.2 Å². The number of nitrogens with zero attached hydrogens (tertiary/aromatic N) is 2. The zero-order chi connectivity index (χ0) is 15.2. The molecule has 0 bridgehead atoms. The average molecular weight is 354 g/mol. The van der Waals surface area contributed by atoms with Gasteiger partial charge in [-0.25, -0.2) is 4.98 Å². The summed E-state index contributed by atoms with van der Waals surface area (Å²) in [5.41, 5.74) is 1.29. The van der Waals surface area contributed by atoms with Crippen LogP contribution >= 0.6 is 15.9 Å². The molecule has 1 aliphatic carbocycles. The molecule has 1 aromatic rings. The van der Waals surface area contributed by atoms with Crippen molar-refractivity contribution in [2.45, 2.75) is 58.5 Å². The Balaban J connectivity index is 2.25. The Morgan fingerprint density at radius 3 is 2.71 bits per heavy atom. The second-order valence-corrected chi connectivity index (χ2v) is 7.40. The first kappa shape index (κ1) is 16.8. The molecule has 1 aromatic heterocycles. The van der Waals surface area contributed by atoms with Gasteiger partial charge in [0.05, 0.1) is 0 Å². The van der Waals surface area contributed by atoms with Gasteiger partial charge in [-0.1, -0.05) is 26.7 Å². The van der Waals surface area contributed by atoms with E-state index >= 15 is 0 Å². The largest absolute Gasteiger partial charge is 0.353 e. The van der Waals surface area contributed by atoms with Crippen LogP contribution in [0.15, 0.2) is 16.7 Å². The van der Waals surface area contributed by atoms with Crippen LogP contribution in [0.5, 0.6) is 0 Å². The van der Waals surface area contributed by atoms with Crippen LogP contribution in [0.4, 0.5) is 5.82 Å². The lowest BCUT2D eigenvalue weighted by Crippen LogP contribution is -2.36. The van der Waals surface area contributed by atoms with Gasteiger partial charge in [0.2, 0.25) is 0 Å². The van der Waals surface area contributed by atoms with Gasteiger partial charge in [0.1, 0.15) is 5.82 Å². The molecular formula is C17H28BrN3. The standard InChI is InChI=1S/C17H28BrN3/c1-13(2)8-9-21(16-6-4-5-7-16)17-14(11-19-3)10-15(18)12-20-17/h10,12-13,16,19H,4-9,11H2,1-3H3. The van der Waals surface area contributed by atoms with Crippen LogP contribution in [-0.2, 0) is 6.54 Å². The number of anilines is 1. The molecule has 1 fully saturated rings. The topological polar surface area (TPSA) is 28.2 Å². The minimum Gasteiger partial charge on any atom is -0.353 e. The summed E-state index contributed by atoms with van der Waals surface area (Å²) in [5.74, 6) is 1.91. The number of aromatic nitrogens is 1.